The van der Waals surface area contributed by atoms with Gasteiger partial charge in [0.1, 0.15) is 5.82 Å². The van der Waals surface area contributed by atoms with Gasteiger partial charge < -0.3 is 10.6 Å². The third kappa shape index (κ3) is 3.01. The maximum absolute atomic E-state index is 13.5. The van der Waals surface area contributed by atoms with E-state index >= 15 is 0 Å². The van der Waals surface area contributed by atoms with Crippen molar-refractivity contribution in [2.45, 2.75) is 60.5 Å². The Balaban J connectivity index is 1.74. The molecule has 0 radical (unpaired) electrons. The van der Waals surface area contributed by atoms with Gasteiger partial charge in [-0.2, -0.15) is 0 Å². The molecule has 26 heavy (non-hydrogen) atoms. The van der Waals surface area contributed by atoms with Crippen LogP contribution >= 0.6 is 0 Å². The Morgan fingerprint density at radius 1 is 1.00 bits per heavy atom. The summed E-state index contributed by atoms with van der Waals surface area (Å²) >= 11 is 0. The van der Waals surface area contributed by atoms with Gasteiger partial charge in [0.2, 0.25) is 9.84 Å². The first-order valence-electron chi connectivity index (χ1n) is 9.02. The van der Waals surface area contributed by atoms with Gasteiger partial charge in [0, 0.05) is 29.7 Å². The highest BCUT2D eigenvalue weighted by Crippen LogP contribution is 2.43. The fraction of sp³-hybridized carbons (Fsp3) is 0.400. The van der Waals surface area contributed by atoms with Crippen LogP contribution in [0.1, 0.15) is 38.2 Å². The van der Waals surface area contributed by atoms with Crippen LogP contribution in [-0.4, -0.2) is 26.5 Å². The molecule has 138 valence electrons. The Hall–Kier alpha value is -1.92. The van der Waals surface area contributed by atoms with Crippen LogP contribution in [0.3, 0.4) is 0 Å². The van der Waals surface area contributed by atoms with E-state index in [0.29, 0.717) is 18.1 Å². The minimum absolute atomic E-state index is 0.00974. The van der Waals surface area contributed by atoms with Crippen LogP contribution in [0.4, 0.5) is 10.1 Å². The summed E-state index contributed by atoms with van der Waals surface area (Å²) < 4.78 is 39.4. The van der Waals surface area contributed by atoms with Crippen LogP contribution in [0.15, 0.2) is 52.3 Å². The van der Waals surface area contributed by atoms with Gasteiger partial charge in [0.05, 0.1) is 9.79 Å². The predicted molar refractivity (Wildman–Crippen MR) is 99.7 cm³/mol. The maximum Gasteiger partial charge on any atom is 0.206 e. The molecule has 1 fully saturated rings. The molecule has 2 aliphatic rings. The van der Waals surface area contributed by atoms with Gasteiger partial charge in [-0.25, -0.2) is 12.8 Å². The number of rotatable bonds is 2. The number of nitrogens with one attached hydrogen (secondary N) is 2. The van der Waals surface area contributed by atoms with E-state index in [1.807, 2.05) is 6.07 Å². The van der Waals surface area contributed by atoms with Crippen LogP contribution < -0.4 is 10.6 Å². The van der Waals surface area contributed by atoms with Crippen molar-refractivity contribution in [3.05, 3.63) is 53.8 Å². The molecule has 0 aromatic heterocycles. The van der Waals surface area contributed by atoms with E-state index in [0.717, 1.165) is 30.2 Å². The quantitative estimate of drug-likeness (QED) is 0.842. The zero-order chi connectivity index (χ0) is 18.5. The number of benzene rings is 2. The number of hydrogen-bond acceptors (Lipinski definition) is 4. The molecule has 2 aromatic rings. The second-order valence-electron chi connectivity index (χ2n) is 7.51. The molecule has 4 rings (SSSR count). The van der Waals surface area contributed by atoms with Gasteiger partial charge >= 0.3 is 0 Å². The molecule has 2 unspecified atom stereocenters. The van der Waals surface area contributed by atoms with E-state index in [4.69, 9.17) is 0 Å². The van der Waals surface area contributed by atoms with Crippen LogP contribution in [-0.2, 0) is 9.84 Å². The average Bonchev–Trinajstić information content (AvgIpc) is 2.83. The summed E-state index contributed by atoms with van der Waals surface area (Å²) in [6.07, 6.45) is 1.95. The first-order chi connectivity index (χ1) is 12.3. The lowest BCUT2D eigenvalue weighted by atomic mass is 9.88. The van der Waals surface area contributed by atoms with Crippen molar-refractivity contribution in [2.24, 2.45) is 0 Å². The Morgan fingerprint density at radius 3 is 2.50 bits per heavy atom. The van der Waals surface area contributed by atoms with Gasteiger partial charge in [-0.3, -0.25) is 0 Å². The van der Waals surface area contributed by atoms with Crippen molar-refractivity contribution in [1.82, 2.24) is 5.32 Å². The molecular formula is C20H23FN2O2S. The first kappa shape index (κ1) is 17.5. The maximum atomic E-state index is 13.5. The fourth-order valence-electron chi connectivity index (χ4n) is 4.33. The van der Waals surface area contributed by atoms with E-state index in [-0.39, 0.29) is 15.7 Å². The summed E-state index contributed by atoms with van der Waals surface area (Å²) in [6, 6.07) is 11.5. The SMILES string of the molecule is CC1C[C@@H]2Nc3ccc(S(=O)(=O)c4cccc(F)c4)cc3[C@H]2CC(C)N1. The summed E-state index contributed by atoms with van der Waals surface area (Å²) in [6.45, 7) is 4.35. The van der Waals surface area contributed by atoms with Crippen molar-refractivity contribution in [3.8, 4) is 0 Å². The molecule has 1 saturated heterocycles. The van der Waals surface area contributed by atoms with E-state index in [9.17, 15) is 12.8 Å². The second-order valence-corrected chi connectivity index (χ2v) is 9.46. The van der Waals surface area contributed by atoms with Crippen LogP contribution in [0.25, 0.3) is 0 Å². The normalized spacial score (nSPS) is 28.0. The van der Waals surface area contributed by atoms with Crippen LogP contribution in [0, 0.1) is 5.82 Å². The summed E-state index contributed by atoms with van der Waals surface area (Å²) in [4.78, 5) is 0.215. The van der Waals surface area contributed by atoms with Gasteiger partial charge in [-0.1, -0.05) is 6.07 Å². The number of sulfone groups is 1. The third-order valence-electron chi connectivity index (χ3n) is 5.45. The summed E-state index contributed by atoms with van der Waals surface area (Å²) in [5.74, 6) is -0.272. The second kappa shape index (κ2) is 6.35. The van der Waals surface area contributed by atoms with E-state index < -0.39 is 15.7 Å². The van der Waals surface area contributed by atoms with Crippen molar-refractivity contribution in [2.75, 3.05) is 5.32 Å². The van der Waals surface area contributed by atoms with Gasteiger partial charge in [-0.05, 0) is 68.7 Å². The molecule has 2 aromatic carbocycles. The van der Waals surface area contributed by atoms with Gasteiger partial charge in [-0.15, -0.1) is 0 Å². The first-order valence-corrected chi connectivity index (χ1v) is 10.5. The number of fused-ring (bicyclic) bond motifs is 3. The largest absolute Gasteiger partial charge is 0.381 e. The topological polar surface area (TPSA) is 58.2 Å². The smallest absolute Gasteiger partial charge is 0.206 e. The lowest BCUT2D eigenvalue weighted by Crippen LogP contribution is -2.33. The molecular weight excluding hydrogens is 351 g/mol. The van der Waals surface area contributed by atoms with Crippen molar-refractivity contribution >= 4 is 15.5 Å². The van der Waals surface area contributed by atoms with Crippen molar-refractivity contribution in [3.63, 3.8) is 0 Å². The Labute approximate surface area is 153 Å². The summed E-state index contributed by atoms with van der Waals surface area (Å²) in [5, 5.41) is 7.14. The van der Waals surface area contributed by atoms with E-state index in [1.54, 1.807) is 12.1 Å². The molecule has 4 nitrogen and oxygen atoms in total. The predicted octanol–water partition coefficient (Wildman–Crippen LogP) is 3.70. The zero-order valence-electron chi connectivity index (χ0n) is 14.9. The van der Waals surface area contributed by atoms with E-state index in [1.165, 1.54) is 18.2 Å². The molecule has 0 spiro atoms. The van der Waals surface area contributed by atoms with Gasteiger partial charge in [0.15, 0.2) is 0 Å². The molecule has 2 N–H and O–H groups in total. The monoisotopic (exact) mass is 374 g/mol. The minimum Gasteiger partial charge on any atom is -0.381 e. The average molecular weight is 374 g/mol. The Morgan fingerprint density at radius 2 is 1.73 bits per heavy atom. The molecule has 0 amide bonds. The number of halogens is 1. The van der Waals surface area contributed by atoms with Crippen LogP contribution in [0.5, 0.6) is 0 Å². The lowest BCUT2D eigenvalue weighted by Gasteiger charge is -2.18. The van der Waals surface area contributed by atoms with Crippen molar-refractivity contribution in [1.29, 1.82) is 0 Å². The number of hydrogen-bond donors (Lipinski definition) is 2. The summed E-state index contributed by atoms with van der Waals surface area (Å²) in [5.41, 5.74) is 2.06. The van der Waals surface area contributed by atoms with Gasteiger partial charge in [0.25, 0.3) is 0 Å². The van der Waals surface area contributed by atoms with E-state index in [2.05, 4.69) is 24.5 Å². The highest BCUT2D eigenvalue weighted by molar-refractivity contribution is 7.91. The molecule has 2 heterocycles. The molecule has 0 aliphatic carbocycles. The minimum atomic E-state index is -3.74. The Bertz CT molecular complexity index is 945. The zero-order valence-corrected chi connectivity index (χ0v) is 15.7. The lowest BCUT2D eigenvalue weighted by molar-refractivity contribution is 0.468. The fourth-order valence-corrected chi connectivity index (χ4v) is 5.66. The number of anilines is 1. The van der Waals surface area contributed by atoms with Crippen LogP contribution in [0.2, 0.25) is 0 Å². The standard InChI is InChI=1S/C20H23FN2O2S/c1-12-8-17-18-11-16(26(24,25)15-5-3-4-14(21)10-15)6-7-19(18)23-20(17)9-13(2)22-12/h3-7,10-13,17,20,22-23H,8-9H2,1-2H3/t12?,13?,17-,20+/m1/s1. The molecule has 2 aliphatic heterocycles. The molecule has 4 atom stereocenters. The Kier molecular flexibility index (Phi) is 4.28. The third-order valence-corrected chi connectivity index (χ3v) is 7.20. The molecule has 6 heteroatoms. The highest BCUT2D eigenvalue weighted by atomic mass is 32.2. The molecule has 0 saturated carbocycles. The summed E-state index contributed by atoms with van der Waals surface area (Å²) in [7, 11) is -3.74. The molecule has 0 bridgehead atoms. The van der Waals surface area contributed by atoms with Crippen molar-refractivity contribution < 1.29 is 12.8 Å². The highest BCUT2D eigenvalue weighted by Gasteiger charge is 2.37.